The number of carbonyl (C=O) groups is 1. The van der Waals surface area contributed by atoms with Gasteiger partial charge in [-0.05, 0) is 35.7 Å². The van der Waals surface area contributed by atoms with Crippen molar-refractivity contribution in [1.82, 2.24) is 0 Å². The molecular formula is C15H12FNOS. The average molecular weight is 273 g/mol. The molecule has 2 aromatic carbocycles. The molecule has 0 unspecified atom stereocenters. The first-order valence-corrected chi connectivity index (χ1v) is 6.57. The highest BCUT2D eigenvalue weighted by atomic mass is 32.2. The van der Waals surface area contributed by atoms with Gasteiger partial charge in [0.1, 0.15) is 5.82 Å². The molecule has 0 heterocycles. The van der Waals surface area contributed by atoms with Crippen LogP contribution >= 0.6 is 11.8 Å². The molecule has 2 rings (SSSR count). The third-order valence-corrected chi connectivity index (χ3v) is 3.08. The highest BCUT2D eigenvalue weighted by molar-refractivity contribution is 8.02. The van der Waals surface area contributed by atoms with Crippen LogP contribution in [-0.2, 0) is 4.79 Å². The van der Waals surface area contributed by atoms with Crippen LogP contribution in [0, 0.1) is 5.82 Å². The van der Waals surface area contributed by atoms with Gasteiger partial charge in [0.2, 0.25) is 5.91 Å². The van der Waals surface area contributed by atoms with Gasteiger partial charge in [0.05, 0.1) is 0 Å². The summed E-state index contributed by atoms with van der Waals surface area (Å²) in [6, 6.07) is 15.5. The van der Waals surface area contributed by atoms with Crippen molar-refractivity contribution in [3.63, 3.8) is 0 Å². The molecule has 0 spiro atoms. The Balaban J connectivity index is 1.88. The molecular weight excluding hydrogens is 261 g/mol. The third kappa shape index (κ3) is 4.60. The summed E-state index contributed by atoms with van der Waals surface area (Å²) in [6.07, 6.45) is 1.42. The minimum absolute atomic E-state index is 0.283. The first-order chi connectivity index (χ1) is 9.24. The van der Waals surface area contributed by atoms with Gasteiger partial charge in [0.25, 0.3) is 0 Å². The largest absolute Gasteiger partial charge is 0.322 e. The molecule has 0 aliphatic rings. The number of thioether (sulfide) groups is 1. The van der Waals surface area contributed by atoms with Gasteiger partial charge in [0.15, 0.2) is 0 Å². The predicted molar refractivity (Wildman–Crippen MR) is 76.5 cm³/mol. The van der Waals surface area contributed by atoms with E-state index < -0.39 is 0 Å². The smallest absolute Gasteiger partial charge is 0.248 e. The van der Waals surface area contributed by atoms with Crippen LogP contribution in [0.25, 0.3) is 0 Å². The van der Waals surface area contributed by atoms with Gasteiger partial charge >= 0.3 is 0 Å². The number of carbonyl (C=O) groups excluding carboxylic acids is 1. The Hall–Kier alpha value is -2.07. The van der Waals surface area contributed by atoms with Gasteiger partial charge in [-0.1, -0.05) is 36.0 Å². The maximum absolute atomic E-state index is 12.9. The Morgan fingerprint density at radius 1 is 1.11 bits per heavy atom. The molecule has 4 heteroatoms. The fourth-order valence-corrected chi connectivity index (χ4v) is 2.09. The van der Waals surface area contributed by atoms with E-state index in [1.54, 1.807) is 17.5 Å². The lowest BCUT2D eigenvalue weighted by Gasteiger charge is -2.01. The van der Waals surface area contributed by atoms with Crippen molar-refractivity contribution >= 4 is 23.4 Å². The number of rotatable bonds is 4. The SMILES string of the molecule is O=C(/C=C/Sc1ccccc1)Nc1cccc(F)c1. The van der Waals surface area contributed by atoms with Crippen molar-refractivity contribution in [1.29, 1.82) is 0 Å². The highest BCUT2D eigenvalue weighted by Gasteiger charge is 1.98. The van der Waals surface area contributed by atoms with E-state index in [-0.39, 0.29) is 11.7 Å². The van der Waals surface area contributed by atoms with Crippen molar-refractivity contribution < 1.29 is 9.18 Å². The van der Waals surface area contributed by atoms with Crippen LogP contribution in [0.3, 0.4) is 0 Å². The van der Waals surface area contributed by atoms with E-state index in [0.717, 1.165) is 4.90 Å². The first kappa shape index (κ1) is 13.4. The van der Waals surface area contributed by atoms with Crippen molar-refractivity contribution in [3.8, 4) is 0 Å². The maximum Gasteiger partial charge on any atom is 0.248 e. The van der Waals surface area contributed by atoms with E-state index in [9.17, 15) is 9.18 Å². The molecule has 2 nitrogen and oxygen atoms in total. The Labute approximate surface area is 115 Å². The fourth-order valence-electron chi connectivity index (χ4n) is 1.42. The Bertz CT molecular complexity index is 584. The summed E-state index contributed by atoms with van der Waals surface area (Å²) in [4.78, 5) is 12.6. The minimum atomic E-state index is -0.375. The fraction of sp³-hybridized carbons (Fsp3) is 0. The second kappa shape index (κ2) is 6.75. The average Bonchev–Trinajstić information content (AvgIpc) is 2.40. The number of halogens is 1. The standard InChI is InChI=1S/C15H12FNOS/c16-12-5-4-6-13(11-12)17-15(18)9-10-19-14-7-2-1-3-8-14/h1-11H,(H,17,18)/b10-9+. The van der Waals surface area contributed by atoms with Crippen molar-refractivity contribution in [2.75, 3.05) is 5.32 Å². The molecule has 0 radical (unpaired) electrons. The molecule has 0 aliphatic carbocycles. The van der Waals surface area contributed by atoms with Crippen molar-refractivity contribution in [2.24, 2.45) is 0 Å². The molecule has 1 amide bonds. The number of benzene rings is 2. The van der Waals surface area contributed by atoms with Crippen LogP contribution in [0.1, 0.15) is 0 Å². The number of hydrogen-bond acceptors (Lipinski definition) is 2. The monoisotopic (exact) mass is 273 g/mol. The third-order valence-electron chi connectivity index (χ3n) is 2.26. The molecule has 0 atom stereocenters. The molecule has 0 aliphatic heterocycles. The summed E-state index contributed by atoms with van der Waals surface area (Å²) < 4.78 is 12.9. The lowest BCUT2D eigenvalue weighted by Crippen LogP contribution is -2.07. The highest BCUT2D eigenvalue weighted by Crippen LogP contribution is 2.18. The van der Waals surface area contributed by atoms with Gasteiger partial charge < -0.3 is 5.32 Å². The van der Waals surface area contributed by atoms with Gasteiger partial charge in [-0.15, -0.1) is 0 Å². The van der Waals surface area contributed by atoms with E-state index in [1.165, 1.54) is 30.0 Å². The topological polar surface area (TPSA) is 29.1 Å². The molecule has 0 saturated carbocycles. The summed E-state index contributed by atoms with van der Waals surface area (Å²) in [6.45, 7) is 0. The van der Waals surface area contributed by atoms with Crippen molar-refractivity contribution in [3.05, 3.63) is 71.9 Å². The Morgan fingerprint density at radius 3 is 2.63 bits per heavy atom. The molecule has 2 aromatic rings. The molecule has 19 heavy (non-hydrogen) atoms. The van der Waals surface area contributed by atoms with Crippen LogP contribution < -0.4 is 5.32 Å². The molecule has 0 aromatic heterocycles. The molecule has 0 saturated heterocycles. The van der Waals surface area contributed by atoms with Crippen LogP contribution in [0.5, 0.6) is 0 Å². The zero-order chi connectivity index (χ0) is 13.5. The van der Waals surface area contributed by atoms with E-state index in [1.807, 2.05) is 30.3 Å². The zero-order valence-electron chi connectivity index (χ0n) is 10.0. The number of hydrogen-bond donors (Lipinski definition) is 1. The minimum Gasteiger partial charge on any atom is -0.322 e. The summed E-state index contributed by atoms with van der Waals surface area (Å²) in [7, 11) is 0. The van der Waals surface area contributed by atoms with Crippen LogP contribution in [0.15, 0.2) is 71.0 Å². The molecule has 1 N–H and O–H groups in total. The van der Waals surface area contributed by atoms with Gasteiger partial charge in [-0.3, -0.25) is 4.79 Å². The van der Waals surface area contributed by atoms with Gasteiger partial charge in [-0.2, -0.15) is 0 Å². The maximum atomic E-state index is 12.9. The first-order valence-electron chi connectivity index (χ1n) is 5.69. The van der Waals surface area contributed by atoms with E-state index in [0.29, 0.717) is 5.69 Å². The second-order valence-electron chi connectivity index (χ2n) is 3.73. The van der Waals surface area contributed by atoms with E-state index in [2.05, 4.69) is 5.32 Å². The zero-order valence-corrected chi connectivity index (χ0v) is 10.9. The summed E-state index contributed by atoms with van der Waals surface area (Å²) in [5, 5.41) is 4.29. The van der Waals surface area contributed by atoms with Gasteiger partial charge in [0, 0.05) is 16.7 Å². The van der Waals surface area contributed by atoms with Gasteiger partial charge in [-0.25, -0.2) is 4.39 Å². The van der Waals surface area contributed by atoms with Crippen LogP contribution in [0.4, 0.5) is 10.1 Å². The quantitative estimate of drug-likeness (QED) is 0.672. The van der Waals surface area contributed by atoms with Crippen molar-refractivity contribution in [2.45, 2.75) is 4.90 Å². The number of amides is 1. The normalized spacial score (nSPS) is 10.6. The summed E-state index contributed by atoms with van der Waals surface area (Å²) in [5.74, 6) is -0.658. The Morgan fingerprint density at radius 2 is 1.89 bits per heavy atom. The van der Waals surface area contributed by atoms with E-state index >= 15 is 0 Å². The molecule has 0 fully saturated rings. The molecule has 96 valence electrons. The number of nitrogens with one attached hydrogen (secondary N) is 1. The predicted octanol–water partition coefficient (Wildman–Crippen LogP) is 4.07. The Kier molecular flexibility index (Phi) is 4.75. The lowest BCUT2D eigenvalue weighted by molar-refractivity contribution is -0.111. The molecule has 0 bridgehead atoms. The summed E-state index contributed by atoms with van der Waals surface area (Å²) >= 11 is 1.45. The lowest BCUT2D eigenvalue weighted by atomic mass is 10.3. The summed E-state index contributed by atoms with van der Waals surface area (Å²) in [5.41, 5.74) is 0.444. The van der Waals surface area contributed by atoms with Crippen LogP contribution in [-0.4, -0.2) is 5.91 Å². The second-order valence-corrected chi connectivity index (χ2v) is 4.71. The van der Waals surface area contributed by atoms with Crippen LogP contribution in [0.2, 0.25) is 0 Å². The number of anilines is 1. The van der Waals surface area contributed by atoms with E-state index in [4.69, 9.17) is 0 Å².